The van der Waals surface area contributed by atoms with Crippen LogP contribution in [0.4, 0.5) is 0 Å². The summed E-state index contributed by atoms with van der Waals surface area (Å²) in [5.41, 5.74) is 1.04. The standard InChI is InChI=1S/C19H18N4O3/c1-12-20-10-14(16(21-12)13-5-3-2-4-6-13)17(25)23-8-7-19(11-23)9-15(24)22-18(19)26/h2-6,10H,7-9,11H2,1H3,(H,22,24,26)/t19-/m0/s1. The van der Waals surface area contributed by atoms with Gasteiger partial charge in [0.2, 0.25) is 11.8 Å². The molecule has 1 aromatic heterocycles. The minimum Gasteiger partial charge on any atom is -0.337 e. The molecule has 4 rings (SSSR count). The van der Waals surface area contributed by atoms with Crippen LogP contribution in [0.5, 0.6) is 0 Å². The highest BCUT2D eigenvalue weighted by atomic mass is 16.2. The maximum absolute atomic E-state index is 13.1. The van der Waals surface area contributed by atoms with Crippen LogP contribution in [-0.4, -0.2) is 45.7 Å². The molecule has 0 saturated carbocycles. The van der Waals surface area contributed by atoms with Gasteiger partial charge in [-0.25, -0.2) is 9.97 Å². The topological polar surface area (TPSA) is 92.3 Å². The second-order valence-electron chi connectivity index (χ2n) is 6.86. The van der Waals surface area contributed by atoms with Crippen LogP contribution in [0.1, 0.15) is 29.0 Å². The number of aryl methyl sites for hydroxylation is 1. The Morgan fingerprint density at radius 1 is 1.23 bits per heavy atom. The number of carbonyl (C=O) groups excluding carboxylic acids is 3. The molecule has 3 amide bonds. The summed E-state index contributed by atoms with van der Waals surface area (Å²) in [7, 11) is 0. The fourth-order valence-corrected chi connectivity index (χ4v) is 3.68. The first kappa shape index (κ1) is 16.4. The smallest absolute Gasteiger partial charge is 0.257 e. The number of benzene rings is 1. The second kappa shape index (κ2) is 6.01. The molecule has 2 saturated heterocycles. The molecular formula is C19H18N4O3. The van der Waals surface area contributed by atoms with Gasteiger partial charge in [0, 0.05) is 31.3 Å². The summed E-state index contributed by atoms with van der Waals surface area (Å²) in [5.74, 6) is -0.180. The van der Waals surface area contributed by atoms with Gasteiger partial charge in [0.05, 0.1) is 16.7 Å². The third kappa shape index (κ3) is 2.65. The Bertz CT molecular complexity index is 912. The van der Waals surface area contributed by atoms with E-state index in [1.165, 1.54) is 6.20 Å². The summed E-state index contributed by atoms with van der Waals surface area (Å²) in [6, 6.07) is 9.47. The van der Waals surface area contributed by atoms with Gasteiger partial charge in [-0.3, -0.25) is 19.7 Å². The van der Waals surface area contributed by atoms with Crippen molar-refractivity contribution in [2.24, 2.45) is 5.41 Å². The number of hydrogen-bond donors (Lipinski definition) is 1. The van der Waals surface area contributed by atoms with Crippen LogP contribution in [0.2, 0.25) is 0 Å². The lowest BCUT2D eigenvalue weighted by molar-refractivity contribution is -0.128. The normalized spacial score (nSPS) is 22.1. The largest absolute Gasteiger partial charge is 0.337 e. The number of imide groups is 1. The fourth-order valence-electron chi connectivity index (χ4n) is 3.68. The lowest BCUT2D eigenvalue weighted by Crippen LogP contribution is -2.37. The van der Waals surface area contributed by atoms with Crippen LogP contribution < -0.4 is 5.32 Å². The lowest BCUT2D eigenvalue weighted by Gasteiger charge is -2.21. The van der Waals surface area contributed by atoms with Crippen molar-refractivity contribution >= 4 is 17.7 Å². The van der Waals surface area contributed by atoms with E-state index in [0.29, 0.717) is 30.0 Å². The highest BCUT2D eigenvalue weighted by molar-refractivity contribution is 6.07. The Labute approximate surface area is 150 Å². The second-order valence-corrected chi connectivity index (χ2v) is 6.86. The van der Waals surface area contributed by atoms with E-state index in [2.05, 4.69) is 15.3 Å². The van der Waals surface area contributed by atoms with Crippen molar-refractivity contribution in [3.8, 4) is 11.3 Å². The van der Waals surface area contributed by atoms with Crippen LogP contribution >= 0.6 is 0 Å². The zero-order chi connectivity index (χ0) is 18.3. The molecule has 2 aliphatic heterocycles. The number of nitrogens with zero attached hydrogens (tertiary/aromatic N) is 3. The molecule has 0 bridgehead atoms. The molecule has 0 radical (unpaired) electrons. The number of hydrogen-bond acceptors (Lipinski definition) is 5. The van der Waals surface area contributed by atoms with E-state index in [9.17, 15) is 14.4 Å². The van der Waals surface area contributed by atoms with Crippen molar-refractivity contribution < 1.29 is 14.4 Å². The van der Waals surface area contributed by atoms with Gasteiger partial charge in [0.1, 0.15) is 5.82 Å². The molecule has 1 aromatic carbocycles. The summed E-state index contributed by atoms with van der Waals surface area (Å²) in [6.45, 7) is 2.45. The zero-order valence-electron chi connectivity index (χ0n) is 14.4. The average Bonchev–Trinajstić information content (AvgIpc) is 3.18. The minimum atomic E-state index is -0.787. The average molecular weight is 350 g/mol. The Morgan fingerprint density at radius 2 is 2.00 bits per heavy atom. The van der Waals surface area contributed by atoms with Gasteiger partial charge in [-0.05, 0) is 13.3 Å². The molecule has 1 spiro atoms. The molecule has 7 nitrogen and oxygen atoms in total. The molecule has 26 heavy (non-hydrogen) atoms. The van der Waals surface area contributed by atoms with Gasteiger partial charge in [-0.1, -0.05) is 30.3 Å². The Balaban J connectivity index is 1.66. The number of aromatic nitrogens is 2. The first-order valence-electron chi connectivity index (χ1n) is 8.51. The number of rotatable bonds is 2. The first-order valence-corrected chi connectivity index (χ1v) is 8.51. The van der Waals surface area contributed by atoms with Crippen LogP contribution in [-0.2, 0) is 9.59 Å². The predicted molar refractivity (Wildman–Crippen MR) is 92.9 cm³/mol. The Kier molecular flexibility index (Phi) is 3.79. The van der Waals surface area contributed by atoms with E-state index in [0.717, 1.165) is 5.56 Å². The van der Waals surface area contributed by atoms with Crippen molar-refractivity contribution in [2.45, 2.75) is 19.8 Å². The molecule has 2 aromatic rings. The molecule has 0 unspecified atom stereocenters. The molecule has 2 fully saturated rings. The van der Waals surface area contributed by atoms with Crippen LogP contribution in [0.15, 0.2) is 36.5 Å². The van der Waals surface area contributed by atoms with Gasteiger partial charge in [0.15, 0.2) is 0 Å². The molecule has 0 aliphatic carbocycles. The highest BCUT2D eigenvalue weighted by Crippen LogP contribution is 2.38. The Hall–Kier alpha value is -3.09. The molecule has 132 valence electrons. The predicted octanol–water partition coefficient (Wildman–Crippen LogP) is 1.33. The summed E-state index contributed by atoms with van der Waals surface area (Å²) < 4.78 is 0. The van der Waals surface area contributed by atoms with E-state index in [1.54, 1.807) is 11.8 Å². The van der Waals surface area contributed by atoms with Crippen LogP contribution in [0, 0.1) is 12.3 Å². The fraction of sp³-hybridized carbons (Fsp3) is 0.316. The SMILES string of the molecule is Cc1ncc(C(=O)N2CC[C@]3(CC(=O)NC3=O)C2)c(-c2ccccc2)n1. The third-order valence-electron chi connectivity index (χ3n) is 5.06. The van der Waals surface area contributed by atoms with Crippen molar-refractivity contribution in [3.63, 3.8) is 0 Å². The molecule has 1 N–H and O–H groups in total. The van der Waals surface area contributed by atoms with Crippen molar-refractivity contribution in [3.05, 3.63) is 47.9 Å². The molecule has 2 aliphatic rings. The van der Waals surface area contributed by atoms with Gasteiger partial charge >= 0.3 is 0 Å². The monoisotopic (exact) mass is 350 g/mol. The first-order chi connectivity index (χ1) is 12.5. The molecule has 1 atom stereocenters. The van der Waals surface area contributed by atoms with Crippen LogP contribution in [0.25, 0.3) is 11.3 Å². The molecular weight excluding hydrogens is 332 g/mol. The summed E-state index contributed by atoms with van der Waals surface area (Å²) in [6.07, 6.45) is 2.17. The van der Waals surface area contributed by atoms with E-state index < -0.39 is 5.41 Å². The van der Waals surface area contributed by atoms with E-state index in [4.69, 9.17) is 0 Å². The molecule has 7 heteroatoms. The van der Waals surface area contributed by atoms with Gasteiger partial charge in [-0.2, -0.15) is 0 Å². The van der Waals surface area contributed by atoms with E-state index in [-0.39, 0.29) is 30.7 Å². The van der Waals surface area contributed by atoms with Crippen molar-refractivity contribution in [2.75, 3.05) is 13.1 Å². The summed E-state index contributed by atoms with van der Waals surface area (Å²) >= 11 is 0. The van der Waals surface area contributed by atoms with Gasteiger partial charge in [0.25, 0.3) is 5.91 Å². The van der Waals surface area contributed by atoms with Gasteiger partial charge in [-0.15, -0.1) is 0 Å². The van der Waals surface area contributed by atoms with E-state index >= 15 is 0 Å². The van der Waals surface area contributed by atoms with E-state index in [1.807, 2.05) is 30.3 Å². The minimum absolute atomic E-state index is 0.144. The number of likely N-dealkylation sites (tertiary alicyclic amines) is 1. The molecule has 3 heterocycles. The van der Waals surface area contributed by atoms with Crippen molar-refractivity contribution in [1.82, 2.24) is 20.2 Å². The number of amides is 3. The van der Waals surface area contributed by atoms with Crippen molar-refractivity contribution in [1.29, 1.82) is 0 Å². The lowest BCUT2D eigenvalue weighted by atomic mass is 9.85. The van der Waals surface area contributed by atoms with Gasteiger partial charge < -0.3 is 4.90 Å². The van der Waals surface area contributed by atoms with Crippen LogP contribution in [0.3, 0.4) is 0 Å². The highest BCUT2D eigenvalue weighted by Gasteiger charge is 2.52. The summed E-state index contributed by atoms with van der Waals surface area (Å²) in [5, 5.41) is 2.35. The number of nitrogens with one attached hydrogen (secondary N) is 1. The number of carbonyl (C=O) groups is 3. The Morgan fingerprint density at radius 3 is 2.69 bits per heavy atom. The maximum atomic E-state index is 13.1. The summed E-state index contributed by atoms with van der Waals surface area (Å²) in [4.78, 5) is 47.1. The third-order valence-corrected chi connectivity index (χ3v) is 5.06. The maximum Gasteiger partial charge on any atom is 0.257 e. The zero-order valence-corrected chi connectivity index (χ0v) is 14.4. The quantitative estimate of drug-likeness (QED) is 0.825.